The van der Waals surface area contributed by atoms with Crippen molar-refractivity contribution in [1.82, 2.24) is 10.9 Å². The topological polar surface area (TPSA) is 87.7 Å². The van der Waals surface area contributed by atoms with Gasteiger partial charge < -0.3 is 9.64 Å². The number of benzene rings is 3. The van der Waals surface area contributed by atoms with Crippen LogP contribution in [0.1, 0.15) is 15.9 Å². The lowest BCUT2D eigenvalue weighted by Crippen LogP contribution is -2.48. The van der Waals surface area contributed by atoms with Crippen LogP contribution in [0.15, 0.2) is 77.7 Å². The summed E-state index contributed by atoms with van der Waals surface area (Å²) in [6.07, 6.45) is 0. The van der Waals surface area contributed by atoms with Crippen molar-refractivity contribution >= 4 is 46.8 Å². The molecule has 0 spiro atoms. The average Bonchev–Trinajstić information content (AvgIpc) is 2.84. The number of rotatable bonds is 6. The second kappa shape index (κ2) is 10.4. The van der Waals surface area contributed by atoms with Crippen molar-refractivity contribution in [3.63, 3.8) is 0 Å². The Hall–Kier alpha value is -3.49. The third kappa shape index (κ3) is 5.85. The van der Waals surface area contributed by atoms with Crippen molar-refractivity contribution in [2.45, 2.75) is 11.5 Å². The molecule has 0 bridgehead atoms. The van der Waals surface area contributed by atoms with Gasteiger partial charge in [-0.25, -0.2) is 0 Å². The maximum atomic E-state index is 12.4. The van der Waals surface area contributed by atoms with Gasteiger partial charge in [0.15, 0.2) is 0 Å². The van der Waals surface area contributed by atoms with Crippen molar-refractivity contribution in [2.24, 2.45) is 0 Å². The van der Waals surface area contributed by atoms with E-state index in [1.54, 1.807) is 54.6 Å². The fourth-order valence-electron chi connectivity index (χ4n) is 3.16. The number of hydrazine groups is 1. The highest BCUT2D eigenvalue weighted by Gasteiger charge is 2.26. The zero-order chi connectivity index (χ0) is 23.2. The number of hydrogen-bond donors (Lipinski definition) is 2. The van der Waals surface area contributed by atoms with Crippen molar-refractivity contribution in [3.8, 4) is 5.75 Å². The van der Waals surface area contributed by atoms with Gasteiger partial charge in [-0.3, -0.25) is 25.2 Å². The van der Waals surface area contributed by atoms with Crippen LogP contribution >= 0.6 is 23.4 Å². The molecule has 7 nitrogen and oxygen atoms in total. The molecule has 0 saturated heterocycles. The molecule has 4 rings (SSSR count). The molecule has 9 heteroatoms. The lowest BCUT2D eigenvalue weighted by atomic mass is 10.1. The number of halogens is 1. The summed E-state index contributed by atoms with van der Waals surface area (Å²) in [5.74, 6) is -0.153. The number of nitrogens with zero attached hydrogens (tertiary/aromatic N) is 1. The van der Waals surface area contributed by atoms with Crippen molar-refractivity contribution in [3.05, 3.63) is 88.9 Å². The zero-order valence-electron chi connectivity index (χ0n) is 17.4. The van der Waals surface area contributed by atoms with Crippen LogP contribution in [0.25, 0.3) is 0 Å². The third-order valence-corrected chi connectivity index (χ3v) is 6.16. The van der Waals surface area contributed by atoms with Crippen LogP contribution in [0, 0.1) is 0 Å². The Bertz CT molecular complexity index is 1170. The van der Waals surface area contributed by atoms with E-state index in [1.165, 1.54) is 16.7 Å². The number of hydrogen-bond acceptors (Lipinski definition) is 5. The Balaban J connectivity index is 1.27. The van der Waals surface area contributed by atoms with Gasteiger partial charge in [-0.05, 0) is 54.1 Å². The van der Waals surface area contributed by atoms with E-state index in [2.05, 4.69) is 10.9 Å². The standard InChI is InChI=1S/C24H20ClN3O4S/c25-18-9-11-19(12-10-18)32-14-16-5-7-17(8-6-16)24(31)27-26-22(29)13-28-20-3-1-2-4-21(20)33-15-23(28)30/h1-12H,13-15H2,(H,26,29)(H,27,31). The minimum Gasteiger partial charge on any atom is -0.489 e. The minimum absolute atomic E-state index is 0.156. The van der Waals surface area contributed by atoms with E-state index in [0.717, 1.165) is 10.5 Å². The van der Waals surface area contributed by atoms with Gasteiger partial charge in [0.2, 0.25) is 5.91 Å². The smallest absolute Gasteiger partial charge is 0.269 e. The first-order chi connectivity index (χ1) is 16.0. The number of fused-ring (bicyclic) bond motifs is 1. The van der Waals surface area contributed by atoms with Gasteiger partial charge >= 0.3 is 0 Å². The van der Waals surface area contributed by atoms with Crippen LogP contribution in [0.5, 0.6) is 5.75 Å². The molecular weight excluding hydrogens is 462 g/mol. The zero-order valence-corrected chi connectivity index (χ0v) is 19.0. The fourth-order valence-corrected chi connectivity index (χ4v) is 4.22. The van der Waals surface area contributed by atoms with Gasteiger partial charge in [-0.15, -0.1) is 11.8 Å². The van der Waals surface area contributed by atoms with E-state index in [4.69, 9.17) is 16.3 Å². The maximum Gasteiger partial charge on any atom is 0.269 e. The quantitative estimate of drug-likeness (QED) is 0.523. The van der Waals surface area contributed by atoms with Crippen LogP contribution < -0.4 is 20.5 Å². The van der Waals surface area contributed by atoms with E-state index in [9.17, 15) is 14.4 Å². The Morgan fingerprint density at radius 3 is 2.45 bits per heavy atom. The molecule has 0 atom stereocenters. The van der Waals surface area contributed by atoms with E-state index in [0.29, 0.717) is 28.6 Å². The second-order valence-electron chi connectivity index (χ2n) is 7.18. The minimum atomic E-state index is -0.494. The van der Waals surface area contributed by atoms with Gasteiger partial charge in [0.05, 0.1) is 11.4 Å². The molecule has 0 unspecified atom stereocenters. The maximum absolute atomic E-state index is 12.4. The molecule has 1 heterocycles. The number of ether oxygens (including phenoxy) is 1. The number of thioether (sulfide) groups is 1. The number of para-hydroxylation sites is 1. The van der Waals surface area contributed by atoms with Gasteiger partial charge in [0.1, 0.15) is 18.9 Å². The van der Waals surface area contributed by atoms with Crippen molar-refractivity contribution in [2.75, 3.05) is 17.2 Å². The Labute approximate surface area is 200 Å². The Morgan fingerprint density at radius 1 is 0.970 bits per heavy atom. The third-order valence-electron chi connectivity index (χ3n) is 4.86. The summed E-state index contributed by atoms with van der Waals surface area (Å²) in [6, 6.07) is 21.3. The summed E-state index contributed by atoms with van der Waals surface area (Å²) < 4.78 is 5.68. The molecule has 33 heavy (non-hydrogen) atoms. The average molecular weight is 482 g/mol. The summed E-state index contributed by atoms with van der Waals surface area (Å²) >= 11 is 7.30. The van der Waals surface area contributed by atoms with Gasteiger partial charge in [-0.1, -0.05) is 35.9 Å². The van der Waals surface area contributed by atoms with E-state index < -0.39 is 11.8 Å². The van der Waals surface area contributed by atoms with Crippen LogP contribution in [0.2, 0.25) is 5.02 Å². The van der Waals surface area contributed by atoms with Crippen LogP contribution in [0.3, 0.4) is 0 Å². The molecule has 168 valence electrons. The largest absolute Gasteiger partial charge is 0.489 e. The predicted molar refractivity (Wildman–Crippen MR) is 127 cm³/mol. The molecule has 1 aliphatic heterocycles. The summed E-state index contributed by atoms with van der Waals surface area (Å²) in [5.41, 5.74) is 6.70. The number of amides is 3. The molecule has 0 aliphatic carbocycles. The molecule has 3 amide bonds. The van der Waals surface area contributed by atoms with Crippen LogP contribution in [-0.4, -0.2) is 30.0 Å². The summed E-state index contributed by atoms with van der Waals surface area (Å²) in [7, 11) is 0. The lowest BCUT2D eigenvalue weighted by Gasteiger charge is -2.28. The van der Waals surface area contributed by atoms with Gasteiger partial charge in [0.25, 0.3) is 11.8 Å². The lowest BCUT2D eigenvalue weighted by molar-refractivity contribution is -0.123. The molecule has 2 N–H and O–H groups in total. The van der Waals surface area contributed by atoms with E-state index in [-0.39, 0.29) is 18.2 Å². The van der Waals surface area contributed by atoms with Crippen LogP contribution in [-0.2, 0) is 16.2 Å². The SMILES string of the molecule is O=C(CN1C(=O)CSc2ccccc21)NNC(=O)c1ccc(COc2ccc(Cl)cc2)cc1. The first-order valence-electron chi connectivity index (χ1n) is 10.1. The highest BCUT2D eigenvalue weighted by Crippen LogP contribution is 2.34. The monoisotopic (exact) mass is 481 g/mol. The molecule has 0 radical (unpaired) electrons. The van der Waals surface area contributed by atoms with Crippen LogP contribution in [0.4, 0.5) is 5.69 Å². The highest BCUT2D eigenvalue weighted by molar-refractivity contribution is 8.00. The second-order valence-corrected chi connectivity index (χ2v) is 8.63. The molecule has 0 saturated carbocycles. The predicted octanol–water partition coefficient (Wildman–Crippen LogP) is 3.82. The molecule has 1 aliphatic rings. The van der Waals surface area contributed by atoms with Crippen molar-refractivity contribution in [1.29, 1.82) is 0 Å². The van der Waals surface area contributed by atoms with Gasteiger partial charge in [-0.2, -0.15) is 0 Å². The van der Waals surface area contributed by atoms with E-state index >= 15 is 0 Å². The Morgan fingerprint density at radius 2 is 1.70 bits per heavy atom. The number of carbonyl (C=O) groups is 3. The first-order valence-corrected chi connectivity index (χ1v) is 11.4. The number of carbonyl (C=O) groups excluding carboxylic acids is 3. The molecular formula is C24H20ClN3O4S. The van der Waals surface area contributed by atoms with Gasteiger partial charge in [0, 0.05) is 15.5 Å². The summed E-state index contributed by atoms with van der Waals surface area (Å²) in [5, 5.41) is 0.635. The fraction of sp³-hybridized carbons (Fsp3) is 0.125. The number of anilines is 1. The molecule has 3 aromatic carbocycles. The molecule has 0 aromatic heterocycles. The normalized spacial score (nSPS) is 12.6. The molecule has 3 aromatic rings. The molecule has 0 fully saturated rings. The summed E-state index contributed by atoms with van der Waals surface area (Å²) in [4.78, 5) is 39.3. The first kappa shape index (κ1) is 22.7. The highest BCUT2D eigenvalue weighted by atomic mass is 35.5. The summed E-state index contributed by atoms with van der Waals surface area (Å²) in [6.45, 7) is 0.154. The van der Waals surface area contributed by atoms with E-state index in [1.807, 2.05) is 18.2 Å². The number of nitrogens with one attached hydrogen (secondary N) is 2. The van der Waals surface area contributed by atoms with Crippen molar-refractivity contribution < 1.29 is 19.1 Å². The Kier molecular flexibility index (Phi) is 7.16.